The van der Waals surface area contributed by atoms with Gasteiger partial charge in [-0.25, -0.2) is 0 Å². The van der Waals surface area contributed by atoms with Crippen LogP contribution in [0.15, 0.2) is 24.3 Å². The highest BCUT2D eigenvalue weighted by Crippen LogP contribution is 2.16. The van der Waals surface area contributed by atoms with Gasteiger partial charge < -0.3 is 20.3 Å². The molecule has 0 aromatic heterocycles. The predicted octanol–water partition coefficient (Wildman–Crippen LogP) is 15.1. The molecule has 0 aromatic carbocycles. The van der Waals surface area contributed by atoms with Gasteiger partial charge in [-0.15, -0.1) is 0 Å². The number of hydrogen-bond acceptors (Lipinski definition) is 5. The van der Waals surface area contributed by atoms with Crippen LogP contribution in [0.25, 0.3) is 0 Å². The summed E-state index contributed by atoms with van der Waals surface area (Å²) in [5.74, 6) is -0.0599. The molecule has 0 spiro atoms. The maximum Gasteiger partial charge on any atom is 0.305 e. The molecule has 6 nitrogen and oxygen atoms in total. The summed E-state index contributed by atoms with van der Waals surface area (Å²) in [5.41, 5.74) is 0. The number of unbranched alkanes of at least 4 members (excludes halogenated alkanes) is 33. The van der Waals surface area contributed by atoms with Crippen LogP contribution in [-0.4, -0.2) is 47.4 Å². The maximum atomic E-state index is 12.4. The molecule has 0 heterocycles. The Hall–Kier alpha value is -1.66. The lowest BCUT2D eigenvalue weighted by atomic mass is 10.0. The molecule has 2 atom stereocenters. The van der Waals surface area contributed by atoms with Crippen molar-refractivity contribution in [3.05, 3.63) is 24.3 Å². The number of nitrogens with one attached hydrogen (secondary N) is 1. The van der Waals surface area contributed by atoms with Gasteiger partial charge in [-0.1, -0.05) is 224 Å². The van der Waals surface area contributed by atoms with E-state index in [0.29, 0.717) is 25.9 Å². The Labute approximate surface area is 361 Å². The molecule has 2 unspecified atom stereocenters. The molecular weight excluding hydrogens is 719 g/mol. The number of carbonyl (C=O) groups excluding carboxylic acids is 2. The maximum absolute atomic E-state index is 12.4. The number of rotatable bonds is 47. The highest BCUT2D eigenvalue weighted by Gasteiger charge is 2.20. The Bertz CT molecular complexity index is 904. The summed E-state index contributed by atoms with van der Waals surface area (Å²) in [6.07, 6.45) is 55.8. The Morgan fingerprint density at radius 1 is 0.483 bits per heavy atom. The van der Waals surface area contributed by atoms with Gasteiger partial charge >= 0.3 is 5.97 Å². The van der Waals surface area contributed by atoms with Gasteiger partial charge in [0.2, 0.25) is 5.91 Å². The van der Waals surface area contributed by atoms with Gasteiger partial charge in [0.05, 0.1) is 25.4 Å². The molecule has 6 heteroatoms. The summed E-state index contributed by atoms with van der Waals surface area (Å²) < 4.78 is 5.43. The number of ether oxygens (including phenoxy) is 1. The van der Waals surface area contributed by atoms with Gasteiger partial charge in [0, 0.05) is 12.8 Å². The average Bonchev–Trinajstić information content (AvgIpc) is 3.22. The topological polar surface area (TPSA) is 95.9 Å². The molecule has 0 saturated carbocycles. The summed E-state index contributed by atoms with van der Waals surface area (Å²) in [4.78, 5) is 24.4. The highest BCUT2D eigenvalue weighted by molar-refractivity contribution is 5.76. The van der Waals surface area contributed by atoms with E-state index < -0.39 is 12.1 Å². The van der Waals surface area contributed by atoms with E-state index in [2.05, 4.69) is 43.5 Å². The van der Waals surface area contributed by atoms with Crippen LogP contribution < -0.4 is 5.32 Å². The number of aliphatic hydroxyl groups excluding tert-OH is 2. The zero-order valence-corrected chi connectivity index (χ0v) is 38.8. The van der Waals surface area contributed by atoms with Crippen LogP contribution in [0, 0.1) is 0 Å². The van der Waals surface area contributed by atoms with E-state index >= 15 is 0 Å². The van der Waals surface area contributed by atoms with Crippen molar-refractivity contribution in [2.45, 2.75) is 283 Å². The number of esters is 1. The molecular formula is C52H99NO5. The summed E-state index contributed by atoms with van der Waals surface area (Å²) in [6.45, 7) is 4.89. The Balaban J connectivity index is 3.47. The average molecular weight is 818 g/mol. The van der Waals surface area contributed by atoms with E-state index in [4.69, 9.17) is 4.74 Å². The minimum absolute atomic E-state index is 0.0131. The lowest BCUT2D eigenvalue weighted by Crippen LogP contribution is -2.45. The molecule has 1 amide bonds. The van der Waals surface area contributed by atoms with Crippen LogP contribution in [-0.2, 0) is 14.3 Å². The van der Waals surface area contributed by atoms with Crippen molar-refractivity contribution in [1.82, 2.24) is 5.32 Å². The van der Waals surface area contributed by atoms with Crippen LogP contribution in [0.1, 0.15) is 271 Å². The van der Waals surface area contributed by atoms with Crippen LogP contribution >= 0.6 is 0 Å². The van der Waals surface area contributed by atoms with Gasteiger partial charge in [0.25, 0.3) is 0 Å². The quantitative estimate of drug-likeness (QED) is 0.0323. The third-order valence-corrected chi connectivity index (χ3v) is 11.8. The summed E-state index contributed by atoms with van der Waals surface area (Å²) in [7, 11) is 0. The largest absolute Gasteiger partial charge is 0.466 e. The van der Waals surface area contributed by atoms with Crippen molar-refractivity contribution < 1.29 is 24.5 Å². The smallest absolute Gasteiger partial charge is 0.305 e. The molecule has 0 aliphatic rings. The van der Waals surface area contributed by atoms with Gasteiger partial charge in [0.1, 0.15) is 0 Å². The first kappa shape index (κ1) is 56.3. The molecule has 0 radical (unpaired) electrons. The number of aliphatic hydroxyl groups is 2. The van der Waals surface area contributed by atoms with E-state index in [-0.39, 0.29) is 18.5 Å². The lowest BCUT2D eigenvalue weighted by molar-refractivity contribution is -0.143. The number of hydrogen-bond donors (Lipinski definition) is 3. The molecule has 0 aliphatic heterocycles. The monoisotopic (exact) mass is 818 g/mol. The van der Waals surface area contributed by atoms with Crippen molar-refractivity contribution in [3.8, 4) is 0 Å². The summed E-state index contributed by atoms with van der Waals surface area (Å²) >= 11 is 0. The van der Waals surface area contributed by atoms with E-state index in [9.17, 15) is 19.8 Å². The van der Waals surface area contributed by atoms with Gasteiger partial charge in [0.15, 0.2) is 0 Å². The van der Waals surface area contributed by atoms with E-state index in [1.54, 1.807) is 0 Å². The van der Waals surface area contributed by atoms with Gasteiger partial charge in [-0.2, -0.15) is 0 Å². The Morgan fingerprint density at radius 2 is 0.845 bits per heavy atom. The van der Waals surface area contributed by atoms with Gasteiger partial charge in [-0.05, 0) is 57.8 Å². The standard InChI is InChI=1S/C52H99NO5/c1-3-5-7-9-11-13-15-26-30-34-38-42-46-52(57)58-47-43-39-35-31-27-24-22-20-18-16-17-19-21-23-25-29-33-37-41-45-51(56)53-49(48-54)50(55)44-40-36-32-28-14-12-10-8-6-4-2/h20,22,24,27,49-50,54-55H,3-19,21,23,25-26,28-48H2,1-2H3,(H,53,56)/b22-20-,27-24-. The first-order valence-electron chi connectivity index (χ1n) is 25.6. The lowest BCUT2D eigenvalue weighted by Gasteiger charge is -2.22. The van der Waals surface area contributed by atoms with Gasteiger partial charge in [-0.3, -0.25) is 9.59 Å². The molecule has 0 rings (SSSR count). The molecule has 58 heavy (non-hydrogen) atoms. The van der Waals surface area contributed by atoms with Crippen LogP contribution in [0.5, 0.6) is 0 Å². The fourth-order valence-corrected chi connectivity index (χ4v) is 7.81. The number of amides is 1. The Morgan fingerprint density at radius 3 is 1.28 bits per heavy atom. The zero-order valence-electron chi connectivity index (χ0n) is 38.8. The zero-order chi connectivity index (χ0) is 42.3. The Kier molecular flexibility index (Phi) is 46.6. The SMILES string of the molecule is CCCCCCCCCCCCCCC(=O)OCCCCC/C=C\C=C/CCCCCCCCCCCCC(=O)NC(CO)C(O)CCCCCCCCCCCC. The fourth-order valence-electron chi connectivity index (χ4n) is 7.81. The second kappa shape index (κ2) is 48.0. The van der Waals surface area contributed by atoms with Crippen molar-refractivity contribution in [2.24, 2.45) is 0 Å². The summed E-state index contributed by atoms with van der Waals surface area (Å²) in [5, 5.41) is 23.1. The van der Waals surface area contributed by atoms with Crippen molar-refractivity contribution in [3.63, 3.8) is 0 Å². The van der Waals surface area contributed by atoms with Crippen LogP contribution in [0.3, 0.4) is 0 Å². The molecule has 0 fully saturated rings. The predicted molar refractivity (Wildman–Crippen MR) is 250 cm³/mol. The highest BCUT2D eigenvalue weighted by atomic mass is 16.5. The summed E-state index contributed by atoms with van der Waals surface area (Å²) in [6, 6.07) is -0.546. The van der Waals surface area contributed by atoms with E-state index in [1.165, 1.54) is 167 Å². The second-order valence-corrected chi connectivity index (χ2v) is 17.5. The molecule has 0 aliphatic carbocycles. The van der Waals surface area contributed by atoms with Crippen molar-refractivity contribution in [2.75, 3.05) is 13.2 Å². The molecule has 0 bridgehead atoms. The minimum Gasteiger partial charge on any atom is -0.466 e. The molecule has 0 saturated heterocycles. The first-order chi connectivity index (χ1) is 28.5. The first-order valence-corrected chi connectivity index (χ1v) is 25.6. The normalized spacial score (nSPS) is 12.8. The molecule has 0 aromatic rings. The second-order valence-electron chi connectivity index (χ2n) is 17.5. The fraction of sp³-hybridized carbons (Fsp3) is 0.885. The van der Waals surface area contributed by atoms with Crippen molar-refractivity contribution >= 4 is 11.9 Å². The number of carbonyl (C=O) groups is 2. The third-order valence-electron chi connectivity index (χ3n) is 11.8. The number of allylic oxidation sites excluding steroid dienone is 4. The molecule has 3 N–H and O–H groups in total. The van der Waals surface area contributed by atoms with E-state index in [0.717, 1.165) is 70.6 Å². The van der Waals surface area contributed by atoms with E-state index in [1.807, 2.05) is 0 Å². The van der Waals surface area contributed by atoms with Crippen LogP contribution in [0.2, 0.25) is 0 Å². The van der Waals surface area contributed by atoms with Crippen LogP contribution in [0.4, 0.5) is 0 Å². The minimum atomic E-state index is -0.668. The van der Waals surface area contributed by atoms with Crippen molar-refractivity contribution in [1.29, 1.82) is 0 Å². The molecule has 342 valence electrons. The third kappa shape index (κ3) is 43.9.